The number of aryl methyl sites for hydroxylation is 2. The maximum absolute atomic E-state index is 12.5. The number of amides is 1. The number of carbonyl (C=O) groups is 1. The SMILES string of the molecule is CC(C)(C)OC(=O)N1CCC=C(c2cnc(C#N)c3[nH]c4c(c23)CCCC4)C1. The van der Waals surface area contributed by atoms with E-state index in [0.717, 1.165) is 47.7 Å². The molecule has 0 unspecified atom stereocenters. The van der Waals surface area contributed by atoms with Gasteiger partial charge in [0.2, 0.25) is 0 Å². The molecule has 2 aromatic heterocycles. The molecular formula is C22H26N4O2. The zero-order valence-electron chi connectivity index (χ0n) is 16.8. The number of nitriles is 1. The molecule has 2 aliphatic rings. The lowest BCUT2D eigenvalue weighted by Crippen LogP contribution is -2.39. The fourth-order valence-corrected chi connectivity index (χ4v) is 4.17. The molecule has 0 radical (unpaired) electrons. The Morgan fingerprint density at radius 1 is 1.32 bits per heavy atom. The van der Waals surface area contributed by atoms with Crippen molar-refractivity contribution in [1.82, 2.24) is 14.9 Å². The average molecular weight is 378 g/mol. The van der Waals surface area contributed by atoms with Gasteiger partial charge >= 0.3 is 6.09 Å². The lowest BCUT2D eigenvalue weighted by molar-refractivity contribution is 0.0273. The summed E-state index contributed by atoms with van der Waals surface area (Å²) < 4.78 is 5.56. The van der Waals surface area contributed by atoms with Crippen molar-refractivity contribution in [3.63, 3.8) is 0 Å². The molecular weight excluding hydrogens is 352 g/mol. The van der Waals surface area contributed by atoms with Crippen molar-refractivity contribution in [1.29, 1.82) is 5.26 Å². The van der Waals surface area contributed by atoms with E-state index in [1.54, 1.807) is 11.1 Å². The highest BCUT2D eigenvalue weighted by Gasteiger charge is 2.27. The van der Waals surface area contributed by atoms with Gasteiger partial charge in [-0.2, -0.15) is 5.26 Å². The largest absolute Gasteiger partial charge is 0.444 e. The van der Waals surface area contributed by atoms with Gasteiger partial charge in [0.05, 0.1) is 5.52 Å². The van der Waals surface area contributed by atoms with Crippen molar-refractivity contribution in [3.8, 4) is 6.07 Å². The topological polar surface area (TPSA) is 82.0 Å². The molecule has 1 aliphatic carbocycles. The third kappa shape index (κ3) is 3.37. The normalized spacial score (nSPS) is 17.1. The van der Waals surface area contributed by atoms with Crippen LogP contribution in [0.15, 0.2) is 12.3 Å². The first kappa shape index (κ1) is 18.5. The summed E-state index contributed by atoms with van der Waals surface area (Å²) in [7, 11) is 0. The van der Waals surface area contributed by atoms with E-state index < -0.39 is 5.60 Å². The molecule has 3 heterocycles. The summed E-state index contributed by atoms with van der Waals surface area (Å²) in [5.41, 5.74) is 5.41. The van der Waals surface area contributed by atoms with Crippen LogP contribution in [0.25, 0.3) is 16.5 Å². The molecule has 0 bridgehead atoms. The minimum Gasteiger partial charge on any atom is -0.444 e. The van der Waals surface area contributed by atoms with E-state index >= 15 is 0 Å². The van der Waals surface area contributed by atoms with E-state index in [9.17, 15) is 10.1 Å². The predicted molar refractivity (Wildman–Crippen MR) is 108 cm³/mol. The van der Waals surface area contributed by atoms with E-state index in [2.05, 4.69) is 22.1 Å². The molecule has 0 aromatic carbocycles. The highest BCUT2D eigenvalue weighted by molar-refractivity contribution is 5.98. The molecule has 0 fully saturated rings. The van der Waals surface area contributed by atoms with Gasteiger partial charge in [0.1, 0.15) is 11.7 Å². The fourth-order valence-electron chi connectivity index (χ4n) is 4.17. The first-order valence-corrected chi connectivity index (χ1v) is 9.97. The lowest BCUT2D eigenvalue weighted by Gasteiger charge is -2.30. The van der Waals surface area contributed by atoms with E-state index in [4.69, 9.17) is 4.74 Å². The van der Waals surface area contributed by atoms with Crippen LogP contribution in [0.2, 0.25) is 0 Å². The van der Waals surface area contributed by atoms with Crippen LogP contribution in [0.3, 0.4) is 0 Å². The van der Waals surface area contributed by atoms with Gasteiger partial charge in [0, 0.05) is 35.9 Å². The van der Waals surface area contributed by atoms with Crippen molar-refractivity contribution < 1.29 is 9.53 Å². The number of aromatic nitrogens is 2. The third-order valence-corrected chi connectivity index (χ3v) is 5.38. The second kappa shape index (κ2) is 6.97. The third-order valence-electron chi connectivity index (χ3n) is 5.38. The summed E-state index contributed by atoms with van der Waals surface area (Å²) in [5, 5.41) is 10.6. The number of fused-ring (bicyclic) bond motifs is 3. The van der Waals surface area contributed by atoms with Gasteiger partial charge in [-0.05, 0) is 64.0 Å². The molecule has 2 aromatic rings. The molecule has 6 nitrogen and oxygen atoms in total. The first-order chi connectivity index (χ1) is 13.4. The number of hydrogen-bond donors (Lipinski definition) is 1. The Hall–Kier alpha value is -2.81. The van der Waals surface area contributed by atoms with Crippen LogP contribution in [-0.4, -0.2) is 39.7 Å². The van der Waals surface area contributed by atoms with Gasteiger partial charge in [-0.15, -0.1) is 0 Å². The summed E-state index contributed by atoms with van der Waals surface area (Å²) in [6.45, 7) is 6.79. The summed E-state index contributed by atoms with van der Waals surface area (Å²) in [4.78, 5) is 22.2. The van der Waals surface area contributed by atoms with E-state index in [1.165, 1.54) is 17.7 Å². The monoisotopic (exact) mass is 378 g/mol. The molecule has 0 saturated heterocycles. The Balaban J connectivity index is 1.73. The summed E-state index contributed by atoms with van der Waals surface area (Å²) in [6, 6.07) is 2.22. The second-order valence-electron chi connectivity index (χ2n) is 8.59. The van der Waals surface area contributed by atoms with E-state index in [0.29, 0.717) is 18.8 Å². The summed E-state index contributed by atoms with van der Waals surface area (Å²) >= 11 is 0. The number of carbonyl (C=O) groups excluding carboxylic acids is 1. The lowest BCUT2D eigenvalue weighted by atomic mass is 9.91. The van der Waals surface area contributed by atoms with Gasteiger partial charge in [-0.25, -0.2) is 9.78 Å². The zero-order chi connectivity index (χ0) is 19.9. The zero-order valence-corrected chi connectivity index (χ0v) is 16.8. The van der Waals surface area contributed by atoms with Crippen LogP contribution >= 0.6 is 0 Å². The van der Waals surface area contributed by atoms with E-state index in [1.807, 2.05) is 20.8 Å². The number of ether oxygens (including phenoxy) is 1. The van der Waals surface area contributed by atoms with Crippen molar-refractivity contribution in [2.24, 2.45) is 0 Å². The molecule has 1 aliphatic heterocycles. The standard InChI is InChI=1S/C22H26N4O2/c1-22(2,3)28-21(27)26-10-6-7-14(13-26)16-12-24-18(11-23)20-19(16)15-8-4-5-9-17(15)25-20/h7,12,25H,4-6,8-10,13H2,1-3H3. The number of pyridine rings is 1. The van der Waals surface area contributed by atoms with Crippen molar-refractivity contribution in [2.45, 2.75) is 58.5 Å². The Morgan fingerprint density at radius 3 is 2.86 bits per heavy atom. The maximum Gasteiger partial charge on any atom is 0.410 e. The summed E-state index contributed by atoms with van der Waals surface area (Å²) in [6.07, 6.45) is 8.83. The Bertz CT molecular complexity index is 1000. The molecule has 1 amide bonds. The molecule has 0 atom stereocenters. The quantitative estimate of drug-likeness (QED) is 0.800. The first-order valence-electron chi connectivity index (χ1n) is 9.97. The molecule has 4 rings (SSSR count). The van der Waals surface area contributed by atoms with Gasteiger partial charge in [0.25, 0.3) is 0 Å². The second-order valence-corrected chi connectivity index (χ2v) is 8.59. The highest BCUT2D eigenvalue weighted by Crippen LogP contribution is 2.36. The molecule has 1 N–H and O–H groups in total. The minimum absolute atomic E-state index is 0.285. The Morgan fingerprint density at radius 2 is 2.11 bits per heavy atom. The van der Waals surface area contributed by atoms with Crippen LogP contribution in [0, 0.1) is 11.3 Å². The average Bonchev–Trinajstić information content (AvgIpc) is 3.06. The minimum atomic E-state index is -0.513. The molecule has 6 heteroatoms. The van der Waals surface area contributed by atoms with Crippen molar-refractivity contribution in [3.05, 3.63) is 34.8 Å². The van der Waals surface area contributed by atoms with Gasteiger partial charge < -0.3 is 14.6 Å². The number of rotatable bonds is 1. The maximum atomic E-state index is 12.5. The fraction of sp³-hybridized carbons (Fsp3) is 0.500. The smallest absolute Gasteiger partial charge is 0.410 e. The van der Waals surface area contributed by atoms with Crippen molar-refractivity contribution >= 4 is 22.6 Å². The van der Waals surface area contributed by atoms with E-state index in [-0.39, 0.29) is 6.09 Å². The molecule has 0 saturated carbocycles. The van der Waals surface area contributed by atoms with Gasteiger partial charge in [-0.3, -0.25) is 0 Å². The highest BCUT2D eigenvalue weighted by atomic mass is 16.6. The number of nitrogens with one attached hydrogen (secondary N) is 1. The Labute approximate surface area is 165 Å². The number of hydrogen-bond acceptors (Lipinski definition) is 4. The van der Waals surface area contributed by atoms with Gasteiger partial charge in [0.15, 0.2) is 5.69 Å². The number of nitrogens with zero attached hydrogens (tertiary/aromatic N) is 3. The van der Waals surface area contributed by atoms with Crippen LogP contribution < -0.4 is 0 Å². The number of H-pyrrole nitrogens is 1. The molecule has 28 heavy (non-hydrogen) atoms. The summed E-state index contributed by atoms with van der Waals surface area (Å²) in [5.74, 6) is 0. The van der Waals surface area contributed by atoms with Crippen LogP contribution in [-0.2, 0) is 17.6 Å². The van der Waals surface area contributed by atoms with Crippen molar-refractivity contribution in [2.75, 3.05) is 13.1 Å². The molecule has 0 spiro atoms. The number of aromatic amines is 1. The molecule has 146 valence electrons. The predicted octanol–water partition coefficient (Wildman–Crippen LogP) is 4.34. The van der Waals surface area contributed by atoms with Gasteiger partial charge in [-0.1, -0.05) is 6.08 Å². The van der Waals surface area contributed by atoms with Crippen LogP contribution in [0.5, 0.6) is 0 Å². The Kier molecular flexibility index (Phi) is 4.62. The van der Waals surface area contributed by atoms with Crippen LogP contribution in [0.4, 0.5) is 4.79 Å². The van der Waals surface area contributed by atoms with Crippen LogP contribution in [0.1, 0.15) is 62.5 Å².